The van der Waals surface area contributed by atoms with Gasteiger partial charge in [-0.2, -0.15) is 5.26 Å². The monoisotopic (exact) mass is 152 g/mol. The van der Waals surface area contributed by atoms with E-state index in [1.54, 1.807) is 13.0 Å². The second-order valence-electron chi connectivity index (χ2n) is 2.28. The predicted molar refractivity (Wildman–Crippen MR) is 38.2 cm³/mol. The van der Waals surface area contributed by atoms with E-state index in [9.17, 15) is 0 Å². The normalized spacial score (nSPS) is 23.7. The van der Waals surface area contributed by atoms with Gasteiger partial charge in [0, 0.05) is 5.70 Å². The lowest BCUT2D eigenvalue weighted by atomic mass is 10.1. The largest absolute Gasteiger partial charge is 0.507 e. The summed E-state index contributed by atoms with van der Waals surface area (Å²) in [6.45, 7) is 1.69. The third-order valence-electron chi connectivity index (χ3n) is 1.39. The fraction of sp³-hybridized carbons (Fsp3) is 0.286. The van der Waals surface area contributed by atoms with Gasteiger partial charge in [0.25, 0.3) is 0 Å². The Morgan fingerprint density at radius 3 is 2.82 bits per heavy atom. The Kier molecular flexibility index (Phi) is 1.83. The Hall–Kier alpha value is -1.47. The van der Waals surface area contributed by atoms with Crippen LogP contribution < -0.4 is 5.32 Å². The van der Waals surface area contributed by atoms with Gasteiger partial charge in [-0.15, -0.1) is 0 Å². The van der Waals surface area contributed by atoms with Crippen molar-refractivity contribution in [3.63, 3.8) is 0 Å². The highest BCUT2D eigenvalue weighted by atomic mass is 16.3. The number of rotatable bonds is 0. The van der Waals surface area contributed by atoms with E-state index in [2.05, 4.69) is 5.32 Å². The Balaban J connectivity index is 3.04. The predicted octanol–water partition coefficient (Wildman–Crippen LogP) is 0.147. The van der Waals surface area contributed by atoms with Gasteiger partial charge in [-0.05, 0) is 13.0 Å². The van der Waals surface area contributed by atoms with Crippen molar-refractivity contribution in [2.24, 2.45) is 0 Å². The van der Waals surface area contributed by atoms with Crippen molar-refractivity contribution in [1.29, 1.82) is 5.26 Å². The van der Waals surface area contributed by atoms with Crippen molar-refractivity contribution < 1.29 is 10.2 Å². The summed E-state index contributed by atoms with van der Waals surface area (Å²) in [5, 5.41) is 29.2. The number of allylic oxidation sites excluding steroid dienone is 2. The average Bonchev–Trinajstić information content (AvgIpc) is 1.85. The van der Waals surface area contributed by atoms with E-state index in [1.807, 2.05) is 0 Å². The molecule has 0 radical (unpaired) electrons. The molecule has 0 spiro atoms. The van der Waals surface area contributed by atoms with Crippen LogP contribution in [-0.4, -0.2) is 16.4 Å². The standard InChI is InChI=1S/C7H8N2O2/c1-4-2-6(10)5(3-8)7(11)9-4/h2,7,9-11H,1H3. The Labute approximate surface area is 64.1 Å². The second-order valence-corrected chi connectivity index (χ2v) is 2.28. The van der Waals surface area contributed by atoms with Gasteiger partial charge in [-0.25, -0.2) is 0 Å². The molecule has 1 atom stereocenters. The molecule has 1 rings (SSSR count). The summed E-state index contributed by atoms with van der Waals surface area (Å²) in [6, 6.07) is 1.70. The molecule has 0 fully saturated rings. The second kappa shape index (κ2) is 2.64. The number of nitrogens with one attached hydrogen (secondary N) is 1. The fourth-order valence-electron chi connectivity index (χ4n) is 0.871. The van der Waals surface area contributed by atoms with Crippen LogP contribution in [0.15, 0.2) is 23.1 Å². The highest BCUT2D eigenvalue weighted by Gasteiger charge is 2.18. The van der Waals surface area contributed by atoms with Crippen LogP contribution in [0.4, 0.5) is 0 Å². The van der Waals surface area contributed by atoms with Crippen molar-refractivity contribution >= 4 is 0 Å². The van der Waals surface area contributed by atoms with Gasteiger partial charge in [-0.1, -0.05) is 0 Å². The summed E-state index contributed by atoms with van der Waals surface area (Å²) in [5.41, 5.74) is 0.588. The van der Waals surface area contributed by atoms with Crippen molar-refractivity contribution in [3.8, 4) is 6.07 Å². The summed E-state index contributed by atoms with van der Waals surface area (Å²) < 4.78 is 0. The fourth-order valence-corrected chi connectivity index (χ4v) is 0.871. The van der Waals surface area contributed by atoms with Crippen LogP contribution >= 0.6 is 0 Å². The van der Waals surface area contributed by atoms with E-state index in [0.29, 0.717) is 5.70 Å². The van der Waals surface area contributed by atoms with E-state index in [0.717, 1.165) is 0 Å². The number of aliphatic hydroxyl groups is 2. The molecule has 0 saturated heterocycles. The molecular formula is C7H8N2O2. The first-order valence-corrected chi connectivity index (χ1v) is 3.11. The maximum atomic E-state index is 9.12. The minimum Gasteiger partial charge on any atom is -0.507 e. The first-order valence-electron chi connectivity index (χ1n) is 3.11. The molecule has 0 aromatic heterocycles. The minimum absolute atomic E-state index is 0.0457. The molecule has 0 aliphatic carbocycles. The Morgan fingerprint density at radius 2 is 2.36 bits per heavy atom. The molecule has 1 unspecified atom stereocenters. The van der Waals surface area contributed by atoms with Crippen molar-refractivity contribution in [3.05, 3.63) is 23.1 Å². The van der Waals surface area contributed by atoms with Gasteiger partial charge < -0.3 is 15.5 Å². The molecule has 58 valence electrons. The molecule has 0 saturated carbocycles. The molecule has 0 aromatic rings. The van der Waals surface area contributed by atoms with Gasteiger partial charge in [0.05, 0.1) is 0 Å². The maximum Gasteiger partial charge on any atom is 0.164 e. The van der Waals surface area contributed by atoms with Crippen LogP contribution in [0.25, 0.3) is 0 Å². The molecule has 4 nitrogen and oxygen atoms in total. The number of hydrogen-bond acceptors (Lipinski definition) is 4. The summed E-state index contributed by atoms with van der Waals surface area (Å²) in [4.78, 5) is 0. The quantitative estimate of drug-likeness (QED) is 0.461. The first-order chi connectivity index (χ1) is 5.15. The first kappa shape index (κ1) is 7.63. The average molecular weight is 152 g/mol. The molecule has 0 bridgehead atoms. The third kappa shape index (κ3) is 1.33. The van der Waals surface area contributed by atoms with Crippen LogP contribution in [0.2, 0.25) is 0 Å². The lowest BCUT2D eigenvalue weighted by molar-refractivity contribution is 0.180. The van der Waals surface area contributed by atoms with E-state index in [4.69, 9.17) is 15.5 Å². The number of nitriles is 1. The van der Waals surface area contributed by atoms with Crippen LogP contribution in [0, 0.1) is 11.3 Å². The molecule has 4 heteroatoms. The number of aliphatic hydroxyl groups excluding tert-OH is 2. The lowest BCUT2D eigenvalue weighted by Crippen LogP contribution is -2.32. The zero-order valence-electron chi connectivity index (χ0n) is 6.00. The van der Waals surface area contributed by atoms with Gasteiger partial charge in [-0.3, -0.25) is 0 Å². The molecule has 0 aromatic carbocycles. The molecular weight excluding hydrogens is 144 g/mol. The van der Waals surface area contributed by atoms with E-state index in [-0.39, 0.29) is 11.3 Å². The lowest BCUT2D eigenvalue weighted by Gasteiger charge is -2.18. The maximum absolute atomic E-state index is 9.12. The molecule has 1 aliphatic rings. The van der Waals surface area contributed by atoms with Crippen LogP contribution in [0.5, 0.6) is 0 Å². The highest BCUT2D eigenvalue weighted by Crippen LogP contribution is 2.13. The molecule has 3 N–H and O–H groups in total. The van der Waals surface area contributed by atoms with E-state index >= 15 is 0 Å². The summed E-state index contributed by atoms with van der Waals surface area (Å²) in [6.07, 6.45) is 0.315. The zero-order chi connectivity index (χ0) is 8.43. The Morgan fingerprint density at radius 1 is 1.73 bits per heavy atom. The summed E-state index contributed by atoms with van der Waals surface area (Å²) >= 11 is 0. The number of hydrogen-bond donors (Lipinski definition) is 3. The molecule has 11 heavy (non-hydrogen) atoms. The number of nitrogens with zero attached hydrogens (tertiary/aromatic N) is 1. The van der Waals surface area contributed by atoms with Crippen molar-refractivity contribution in [2.75, 3.05) is 0 Å². The van der Waals surface area contributed by atoms with Crippen LogP contribution in [0.3, 0.4) is 0 Å². The molecule has 0 amide bonds. The molecule has 1 heterocycles. The van der Waals surface area contributed by atoms with Crippen LogP contribution in [0.1, 0.15) is 6.92 Å². The SMILES string of the molecule is CC1=CC(O)=C(C#N)C(O)N1. The van der Waals surface area contributed by atoms with Gasteiger partial charge in [0.15, 0.2) is 6.23 Å². The summed E-state index contributed by atoms with van der Waals surface area (Å²) in [7, 11) is 0. The molecule has 1 aliphatic heterocycles. The van der Waals surface area contributed by atoms with Crippen LogP contribution in [-0.2, 0) is 0 Å². The topological polar surface area (TPSA) is 76.3 Å². The van der Waals surface area contributed by atoms with Gasteiger partial charge in [0.1, 0.15) is 17.4 Å². The number of dihydropyridines is 1. The third-order valence-corrected chi connectivity index (χ3v) is 1.39. The van der Waals surface area contributed by atoms with Gasteiger partial charge >= 0.3 is 0 Å². The van der Waals surface area contributed by atoms with Crippen molar-refractivity contribution in [1.82, 2.24) is 5.32 Å². The zero-order valence-corrected chi connectivity index (χ0v) is 6.00. The van der Waals surface area contributed by atoms with E-state index < -0.39 is 6.23 Å². The smallest absolute Gasteiger partial charge is 0.164 e. The van der Waals surface area contributed by atoms with Gasteiger partial charge in [0.2, 0.25) is 0 Å². The summed E-state index contributed by atoms with van der Waals surface area (Å²) in [5.74, 6) is -0.170. The Bertz CT molecular complexity index is 273. The highest BCUT2D eigenvalue weighted by molar-refractivity contribution is 5.37. The van der Waals surface area contributed by atoms with E-state index in [1.165, 1.54) is 6.08 Å². The minimum atomic E-state index is -1.08. The van der Waals surface area contributed by atoms with Crippen molar-refractivity contribution in [2.45, 2.75) is 13.2 Å².